The fourth-order valence-electron chi connectivity index (χ4n) is 4.73. The average Bonchev–Trinajstić information content (AvgIpc) is 3.44. The van der Waals surface area contributed by atoms with Crippen LogP contribution in [0.2, 0.25) is 0 Å². The second-order valence-electron chi connectivity index (χ2n) is 8.59. The van der Waals surface area contributed by atoms with E-state index in [4.69, 9.17) is 9.84 Å². The molecule has 3 atom stereocenters. The van der Waals surface area contributed by atoms with Crippen molar-refractivity contribution in [2.24, 2.45) is 5.92 Å². The van der Waals surface area contributed by atoms with Crippen molar-refractivity contribution in [3.8, 4) is 6.07 Å². The zero-order chi connectivity index (χ0) is 22.9. The molecule has 0 aliphatic heterocycles. The summed E-state index contributed by atoms with van der Waals surface area (Å²) in [5.74, 6) is -0.297. The summed E-state index contributed by atoms with van der Waals surface area (Å²) < 4.78 is 5.72. The average molecular weight is 452 g/mol. The number of methoxy groups -OCH3 is 1. The summed E-state index contributed by atoms with van der Waals surface area (Å²) in [6.07, 6.45) is 10.7. The Labute approximate surface area is 195 Å². The number of rotatable bonds is 12. The number of carboxylic acid groups (broad SMARTS) is 1. The molecule has 4 nitrogen and oxygen atoms in total. The Morgan fingerprint density at radius 1 is 1.22 bits per heavy atom. The maximum absolute atomic E-state index is 11.1. The Kier molecular flexibility index (Phi) is 9.08. The number of carboxylic acids is 1. The van der Waals surface area contributed by atoms with Gasteiger partial charge in [-0.1, -0.05) is 56.5 Å². The molecule has 170 valence electrons. The van der Waals surface area contributed by atoms with Gasteiger partial charge in [0.25, 0.3) is 0 Å². The van der Waals surface area contributed by atoms with Crippen LogP contribution < -0.4 is 0 Å². The molecule has 32 heavy (non-hydrogen) atoms. The van der Waals surface area contributed by atoms with Gasteiger partial charge >= 0.3 is 5.97 Å². The van der Waals surface area contributed by atoms with Crippen molar-refractivity contribution in [3.63, 3.8) is 0 Å². The van der Waals surface area contributed by atoms with Crippen LogP contribution in [0.4, 0.5) is 0 Å². The zero-order valence-corrected chi connectivity index (χ0v) is 19.9. The molecule has 0 saturated carbocycles. The first-order valence-electron chi connectivity index (χ1n) is 11.6. The molecule has 0 spiro atoms. The molecule has 0 saturated heterocycles. The van der Waals surface area contributed by atoms with Crippen molar-refractivity contribution >= 4 is 17.3 Å². The summed E-state index contributed by atoms with van der Waals surface area (Å²) in [5, 5.41) is 18.8. The van der Waals surface area contributed by atoms with Gasteiger partial charge in [0.15, 0.2) is 0 Å². The van der Waals surface area contributed by atoms with Crippen molar-refractivity contribution in [3.05, 3.63) is 68.9 Å². The largest absolute Gasteiger partial charge is 0.477 e. The molecule has 2 aromatic rings. The van der Waals surface area contributed by atoms with Gasteiger partial charge in [0, 0.05) is 23.5 Å². The molecule has 0 bridgehead atoms. The molecule has 0 radical (unpaired) electrons. The van der Waals surface area contributed by atoms with Gasteiger partial charge in [-0.25, -0.2) is 4.79 Å². The number of allylic oxidation sites excluding steroid dienone is 2. The van der Waals surface area contributed by atoms with Crippen LogP contribution in [0.25, 0.3) is 0 Å². The van der Waals surface area contributed by atoms with Gasteiger partial charge in [-0.3, -0.25) is 0 Å². The van der Waals surface area contributed by atoms with Gasteiger partial charge in [0.1, 0.15) is 4.88 Å². The lowest BCUT2D eigenvalue weighted by Gasteiger charge is -2.22. The predicted molar refractivity (Wildman–Crippen MR) is 129 cm³/mol. The standard InChI is InChI=1S/C27H33NO3S/c1-3-4-5-9-24(31-2)19-10-12-21(13-11-19)26-20(14-15-22(26)18-28)7-6-8-23-16-17-25(32-23)27(29)30/h10-13,15-17,20,24,26H,3-9,14H2,1-2H3,(H,29,30)/t20-,24?,26?/m0/s1. The first-order chi connectivity index (χ1) is 15.6. The van der Waals surface area contributed by atoms with Crippen LogP contribution in [0.5, 0.6) is 0 Å². The zero-order valence-electron chi connectivity index (χ0n) is 19.0. The molecule has 1 aliphatic rings. The Morgan fingerprint density at radius 2 is 2.00 bits per heavy atom. The Bertz CT molecular complexity index is 954. The highest BCUT2D eigenvalue weighted by Gasteiger charge is 2.31. The van der Waals surface area contributed by atoms with E-state index in [1.54, 1.807) is 13.2 Å². The molecule has 1 heterocycles. The smallest absolute Gasteiger partial charge is 0.345 e. The van der Waals surface area contributed by atoms with E-state index in [1.165, 1.54) is 41.7 Å². The van der Waals surface area contributed by atoms with Crippen molar-refractivity contribution < 1.29 is 14.6 Å². The fourth-order valence-corrected chi connectivity index (χ4v) is 5.62. The normalized spacial score (nSPS) is 18.8. The molecular weight excluding hydrogens is 418 g/mol. The van der Waals surface area contributed by atoms with Gasteiger partial charge < -0.3 is 9.84 Å². The van der Waals surface area contributed by atoms with Gasteiger partial charge in [-0.2, -0.15) is 5.26 Å². The molecular formula is C27H33NO3S. The Hall–Kier alpha value is -2.42. The van der Waals surface area contributed by atoms with Crippen LogP contribution >= 0.6 is 11.3 Å². The van der Waals surface area contributed by atoms with Crippen molar-refractivity contribution in [1.29, 1.82) is 5.26 Å². The molecule has 1 N–H and O–H groups in total. The number of unbranched alkanes of at least 4 members (excludes halogenated alkanes) is 2. The highest BCUT2D eigenvalue weighted by Crippen LogP contribution is 2.43. The maximum atomic E-state index is 11.1. The van der Waals surface area contributed by atoms with Crippen molar-refractivity contribution in [1.82, 2.24) is 0 Å². The van der Waals surface area contributed by atoms with Gasteiger partial charge in [0.05, 0.1) is 12.2 Å². The lowest BCUT2D eigenvalue weighted by molar-refractivity contribution is 0.0702. The first-order valence-corrected chi connectivity index (χ1v) is 12.4. The van der Waals surface area contributed by atoms with E-state index in [2.05, 4.69) is 43.3 Å². The Balaban J connectivity index is 1.63. The third kappa shape index (κ3) is 6.09. The van der Waals surface area contributed by atoms with E-state index in [1.807, 2.05) is 6.07 Å². The molecule has 1 aliphatic carbocycles. The molecule has 0 amide bonds. The lowest BCUT2D eigenvalue weighted by Crippen LogP contribution is -2.10. The highest BCUT2D eigenvalue weighted by atomic mass is 32.1. The number of hydrogen-bond donors (Lipinski definition) is 1. The summed E-state index contributed by atoms with van der Waals surface area (Å²) in [6.45, 7) is 2.21. The van der Waals surface area contributed by atoms with Crippen LogP contribution in [0, 0.1) is 17.2 Å². The first kappa shape index (κ1) is 24.2. The summed E-state index contributed by atoms with van der Waals surface area (Å²) in [4.78, 5) is 12.6. The van der Waals surface area contributed by atoms with Crippen LogP contribution in [0.3, 0.4) is 0 Å². The predicted octanol–water partition coefficient (Wildman–Crippen LogP) is 7.29. The summed E-state index contributed by atoms with van der Waals surface area (Å²) in [6, 6.07) is 14.7. The number of aromatic carboxylic acids is 1. The number of nitrogens with zero attached hydrogens (tertiary/aromatic N) is 1. The van der Waals surface area contributed by atoms with E-state index < -0.39 is 5.97 Å². The number of hydrogen-bond acceptors (Lipinski definition) is 4. The molecule has 3 rings (SSSR count). The second kappa shape index (κ2) is 12.0. The summed E-state index contributed by atoms with van der Waals surface area (Å²) >= 11 is 1.36. The van der Waals surface area contributed by atoms with E-state index in [-0.39, 0.29) is 12.0 Å². The highest BCUT2D eigenvalue weighted by molar-refractivity contribution is 7.13. The van der Waals surface area contributed by atoms with Crippen molar-refractivity contribution in [2.45, 2.75) is 70.3 Å². The van der Waals surface area contributed by atoms with Crippen molar-refractivity contribution in [2.75, 3.05) is 7.11 Å². The molecule has 1 aromatic carbocycles. The SMILES string of the molecule is CCCCCC(OC)c1ccc(C2C(C#N)=CC[C@@H]2CCCc2ccc(C(=O)O)s2)cc1. The minimum absolute atomic E-state index is 0.127. The van der Waals surface area contributed by atoms with Gasteiger partial charge in [-0.15, -0.1) is 11.3 Å². The van der Waals surface area contributed by atoms with Gasteiger partial charge in [0.2, 0.25) is 0 Å². The third-order valence-electron chi connectivity index (χ3n) is 6.47. The maximum Gasteiger partial charge on any atom is 0.345 e. The number of aryl methyl sites for hydroxylation is 1. The minimum atomic E-state index is -0.857. The topological polar surface area (TPSA) is 70.3 Å². The van der Waals surface area contributed by atoms with Crippen LogP contribution in [0.15, 0.2) is 48.0 Å². The summed E-state index contributed by atoms with van der Waals surface area (Å²) in [5.41, 5.74) is 3.28. The molecule has 2 unspecified atom stereocenters. The third-order valence-corrected chi connectivity index (χ3v) is 7.60. The van der Waals surface area contributed by atoms with Gasteiger partial charge in [-0.05, 0) is 61.3 Å². The minimum Gasteiger partial charge on any atom is -0.477 e. The lowest BCUT2D eigenvalue weighted by atomic mass is 9.82. The number of thiophene rings is 1. The monoisotopic (exact) mass is 451 g/mol. The quantitative estimate of drug-likeness (QED) is 0.344. The van der Waals surface area contributed by atoms with Crippen LogP contribution in [-0.2, 0) is 11.2 Å². The van der Waals surface area contributed by atoms with E-state index in [0.717, 1.165) is 42.6 Å². The molecule has 0 fully saturated rings. The van der Waals surface area contributed by atoms with E-state index in [9.17, 15) is 10.1 Å². The number of benzene rings is 1. The molecule has 5 heteroatoms. The molecule has 1 aromatic heterocycles. The van der Waals surface area contributed by atoms with E-state index in [0.29, 0.717) is 10.8 Å². The van der Waals surface area contributed by atoms with E-state index >= 15 is 0 Å². The Morgan fingerprint density at radius 3 is 2.62 bits per heavy atom. The van der Waals surface area contributed by atoms with Crippen LogP contribution in [0.1, 0.15) is 89.6 Å². The number of carbonyl (C=O) groups is 1. The summed E-state index contributed by atoms with van der Waals surface area (Å²) in [7, 11) is 1.78. The fraction of sp³-hybridized carbons (Fsp3) is 0.481. The number of nitriles is 1. The second-order valence-corrected chi connectivity index (χ2v) is 9.76. The number of ether oxygens (including phenoxy) is 1. The van der Waals surface area contributed by atoms with Crippen LogP contribution in [-0.4, -0.2) is 18.2 Å².